The van der Waals surface area contributed by atoms with Crippen molar-refractivity contribution in [3.8, 4) is 0 Å². The van der Waals surface area contributed by atoms with Crippen LogP contribution in [0.1, 0.15) is 84.0 Å². The molecule has 0 aliphatic heterocycles. The summed E-state index contributed by atoms with van der Waals surface area (Å²) in [6.07, 6.45) is 8.48. The predicted octanol–water partition coefficient (Wildman–Crippen LogP) is 5.01. The Kier molecular flexibility index (Phi) is 7.88. The van der Waals surface area contributed by atoms with E-state index in [0.29, 0.717) is 29.8 Å². The van der Waals surface area contributed by atoms with Gasteiger partial charge in [0.2, 0.25) is 0 Å². The van der Waals surface area contributed by atoms with E-state index in [1.165, 1.54) is 19.3 Å². The van der Waals surface area contributed by atoms with Crippen molar-refractivity contribution in [2.45, 2.75) is 90.8 Å². The summed E-state index contributed by atoms with van der Waals surface area (Å²) >= 11 is 0. The van der Waals surface area contributed by atoms with Crippen molar-refractivity contribution in [3.63, 3.8) is 0 Å². The number of carbonyl (C=O) groups excluding carboxylic acids is 1. The Balaban J connectivity index is 1.95. The molecule has 3 rings (SSSR count). The number of fused-ring (bicyclic) bond motifs is 1. The second kappa shape index (κ2) is 10.6. The summed E-state index contributed by atoms with van der Waals surface area (Å²) in [6, 6.07) is 7.42. The highest BCUT2D eigenvalue weighted by atomic mass is 16.2. The van der Waals surface area contributed by atoms with Crippen molar-refractivity contribution in [1.82, 2.24) is 19.8 Å². The van der Waals surface area contributed by atoms with Gasteiger partial charge in [-0.1, -0.05) is 51.7 Å². The maximum Gasteiger partial charge on any atom is 0.318 e. The number of hydrogen-bond acceptors (Lipinski definition) is 3. The number of urea groups is 1. The molecule has 1 aliphatic rings. The molecule has 1 aliphatic carbocycles. The summed E-state index contributed by atoms with van der Waals surface area (Å²) in [5, 5.41) is 3.89. The van der Waals surface area contributed by atoms with Gasteiger partial charge in [0.05, 0.1) is 16.9 Å². The lowest BCUT2D eigenvalue weighted by molar-refractivity contribution is 0.166. The average Bonchev–Trinajstić information content (AvgIpc) is 2.76. The summed E-state index contributed by atoms with van der Waals surface area (Å²) in [4.78, 5) is 33.2. The van der Waals surface area contributed by atoms with Crippen molar-refractivity contribution in [3.05, 3.63) is 40.4 Å². The van der Waals surface area contributed by atoms with Gasteiger partial charge >= 0.3 is 6.03 Å². The molecule has 0 saturated heterocycles. The smallest absolute Gasteiger partial charge is 0.318 e. The van der Waals surface area contributed by atoms with E-state index < -0.39 is 0 Å². The molecule has 1 unspecified atom stereocenters. The number of amides is 2. The van der Waals surface area contributed by atoms with Crippen molar-refractivity contribution in [1.29, 1.82) is 0 Å². The van der Waals surface area contributed by atoms with Crippen LogP contribution in [0.2, 0.25) is 0 Å². The molecule has 1 aromatic heterocycles. The lowest BCUT2D eigenvalue weighted by Gasteiger charge is -2.33. The van der Waals surface area contributed by atoms with Gasteiger partial charge in [0, 0.05) is 19.1 Å². The van der Waals surface area contributed by atoms with E-state index in [4.69, 9.17) is 4.98 Å². The minimum Gasteiger partial charge on any atom is -0.335 e. The van der Waals surface area contributed by atoms with Gasteiger partial charge in [0.25, 0.3) is 5.56 Å². The van der Waals surface area contributed by atoms with Crippen LogP contribution in [0.25, 0.3) is 10.9 Å². The van der Waals surface area contributed by atoms with Crippen LogP contribution >= 0.6 is 0 Å². The third-order valence-electron chi connectivity index (χ3n) is 6.13. The van der Waals surface area contributed by atoms with E-state index in [1.807, 2.05) is 36.1 Å². The van der Waals surface area contributed by atoms with Crippen molar-refractivity contribution < 1.29 is 4.79 Å². The first kappa shape index (κ1) is 22.3. The number of unbranched alkanes of at least 4 members (excludes halogenated alkanes) is 1. The Hall–Kier alpha value is -2.37. The van der Waals surface area contributed by atoms with Crippen molar-refractivity contribution in [2.24, 2.45) is 0 Å². The van der Waals surface area contributed by atoms with Gasteiger partial charge in [-0.2, -0.15) is 0 Å². The maximum absolute atomic E-state index is 13.2. The summed E-state index contributed by atoms with van der Waals surface area (Å²) in [7, 11) is 0. The van der Waals surface area contributed by atoms with Gasteiger partial charge < -0.3 is 10.2 Å². The fourth-order valence-electron chi connectivity index (χ4n) is 4.39. The number of nitrogens with one attached hydrogen (secondary N) is 1. The second-order valence-corrected chi connectivity index (χ2v) is 8.45. The number of benzene rings is 1. The Morgan fingerprint density at radius 2 is 1.93 bits per heavy atom. The van der Waals surface area contributed by atoms with Gasteiger partial charge in [-0.3, -0.25) is 9.36 Å². The zero-order valence-electron chi connectivity index (χ0n) is 18.7. The molecule has 0 spiro atoms. The predicted molar refractivity (Wildman–Crippen MR) is 122 cm³/mol. The molecule has 30 heavy (non-hydrogen) atoms. The van der Waals surface area contributed by atoms with Gasteiger partial charge in [-0.15, -0.1) is 0 Å². The van der Waals surface area contributed by atoms with Gasteiger partial charge in [-0.25, -0.2) is 9.78 Å². The van der Waals surface area contributed by atoms with Crippen molar-refractivity contribution in [2.75, 3.05) is 6.54 Å². The Bertz CT molecular complexity index is 902. The average molecular weight is 413 g/mol. The van der Waals surface area contributed by atoms with Crippen LogP contribution in [-0.4, -0.2) is 33.1 Å². The first-order chi connectivity index (χ1) is 14.6. The standard InChI is InChI=1S/C24H36N4O2/c1-4-6-17-27(24(30)25-19-12-8-7-9-13-19)18(3)22-26-21-15-11-10-14-20(21)23(29)28(22)16-5-2/h10-11,14-15,18-19H,4-9,12-13,16-17H2,1-3H3,(H,25,30). The molecular formula is C24H36N4O2. The largest absolute Gasteiger partial charge is 0.335 e. The highest BCUT2D eigenvalue weighted by Crippen LogP contribution is 2.23. The topological polar surface area (TPSA) is 67.2 Å². The third-order valence-corrected chi connectivity index (χ3v) is 6.13. The Morgan fingerprint density at radius 1 is 1.20 bits per heavy atom. The number of nitrogens with zero attached hydrogens (tertiary/aromatic N) is 3. The molecule has 1 aromatic carbocycles. The number of hydrogen-bond donors (Lipinski definition) is 1. The zero-order valence-corrected chi connectivity index (χ0v) is 18.7. The Morgan fingerprint density at radius 3 is 2.63 bits per heavy atom. The first-order valence-electron chi connectivity index (χ1n) is 11.6. The zero-order chi connectivity index (χ0) is 21.5. The fraction of sp³-hybridized carbons (Fsp3) is 0.625. The lowest BCUT2D eigenvalue weighted by Crippen LogP contribution is -2.47. The summed E-state index contributed by atoms with van der Waals surface area (Å²) in [5.74, 6) is 0.676. The van der Waals surface area contributed by atoms with Crippen LogP contribution in [0.5, 0.6) is 0 Å². The van der Waals surface area contributed by atoms with E-state index in [1.54, 1.807) is 4.57 Å². The molecule has 0 bridgehead atoms. The van der Waals surface area contributed by atoms with Crippen LogP contribution in [-0.2, 0) is 6.54 Å². The van der Waals surface area contributed by atoms with E-state index >= 15 is 0 Å². The monoisotopic (exact) mass is 412 g/mol. The summed E-state index contributed by atoms with van der Waals surface area (Å²) in [5.41, 5.74) is 0.673. The van der Waals surface area contributed by atoms with Crippen LogP contribution in [0.15, 0.2) is 29.1 Å². The summed E-state index contributed by atoms with van der Waals surface area (Å²) < 4.78 is 1.76. The minimum atomic E-state index is -0.274. The molecule has 1 atom stereocenters. The molecule has 1 fully saturated rings. The number of rotatable bonds is 8. The SMILES string of the molecule is CCCCN(C(=O)NC1CCCCC1)C(C)c1nc2ccccc2c(=O)n1CCC. The third kappa shape index (κ3) is 5.02. The molecule has 1 N–H and O–H groups in total. The van der Waals surface area contributed by atoms with E-state index in [-0.39, 0.29) is 23.7 Å². The quantitative estimate of drug-likeness (QED) is 0.662. The molecule has 0 radical (unpaired) electrons. The van der Waals surface area contributed by atoms with E-state index in [9.17, 15) is 9.59 Å². The highest BCUT2D eigenvalue weighted by molar-refractivity contribution is 5.78. The molecule has 2 amide bonds. The van der Waals surface area contributed by atoms with Crippen LogP contribution in [0.4, 0.5) is 4.79 Å². The van der Waals surface area contributed by atoms with Gasteiger partial charge in [0.1, 0.15) is 5.82 Å². The highest BCUT2D eigenvalue weighted by Gasteiger charge is 2.27. The van der Waals surface area contributed by atoms with E-state index in [2.05, 4.69) is 19.2 Å². The number of aromatic nitrogens is 2. The maximum atomic E-state index is 13.2. The molecule has 6 nitrogen and oxygen atoms in total. The van der Waals surface area contributed by atoms with Gasteiger partial charge in [-0.05, 0) is 44.7 Å². The molecule has 2 aromatic rings. The molecular weight excluding hydrogens is 376 g/mol. The minimum absolute atomic E-state index is 0.0209. The second-order valence-electron chi connectivity index (χ2n) is 8.45. The van der Waals surface area contributed by atoms with Crippen LogP contribution in [0, 0.1) is 0 Å². The van der Waals surface area contributed by atoms with Crippen LogP contribution in [0.3, 0.4) is 0 Å². The molecule has 6 heteroatoms. The lowest BCUT2D eigenvalue weighted by atomic mass is 9.96. The molecule has 164 valence electrons. The molecule has 1 saturated carbocycles. The fourth-order valence-corrected chi connectivity index (χ4v) is 4.39. The number of carbonyl (C=O) groups is 1. The first-order valence-corrected chi connectivity index (χ1v) is 11.6. The Labute approximate surface area is 179 Å². The normalized spacial score (nSPS) is 15.8. The van der Waals surface area contributed by atoms with Crippen LogP contribution < -0.4 is 10.9 Å². The molecule has 1 heterocycles. The summed E-state index contributed by atoms with van der Waals surface area (Å²) in [6.45, 7) is 7.44. The number of para-hydroxylation sites is 1. The van der Waals surface area contributed by atoms with E-state index in [0.717, 1.165) is 32.1 Å². The van der Waals surface area contributed by atoms with Crippen molar-refractivity contribution >= 4 is 16.9 Å². The van der Waals surface area contributed by atoms with Gasteiger partial charge in [0.15, 0.2) is 0 Å².